The highest BCUT2D eigenvalue weighted by atomic mass is 16.6. The van der Waals surface area contributed by atoms with Gasteiger partial charge in [-0.3, -0.25) is 14.9 Å². The topological polar surface area (TPSA) is 103 Å². The van der Waals surface area contributed by atoms with E-state index < -0.39 is 4.92 Å². The van der Waals surface area contributed by atoms with Crippen molar-refractivity contribution in [3.8, 4) is 11.4 Å². The molecule has 2 aromatic carbocycles. The minimum absolute atomic E-state index is 0.0172. The predicted molar refractivity (Wildman–Crippen MR) is 109 cm³/mol. The smallest absolute Gasteiger partial charge is 0.270 e. The third-order valence-electron chi connectivity index (χ3n) is 4.40. The largest absolute Gasteiger partial charge is 0.348 e. The number of non-ortho nitro benzene ring substituents is 1. The zero-order valence-electron chi connectivity index (χ0n) is 16.4. The molecule has 0 radical (unpaired) electrons. The lowest BCUT2D eigenvalue weighted by atomic mass is 9.97. The van der Waals surface area contributed by atoms with Crippen molar-refractivity contribution in [2.45, 2.75) is 32.9 Å². The monoisotopic (exact) mass is 393 g/mol. The van der Waals surface area contributed by atoms with E-state index in [-0.39, 0.29) is 24.2 Å². The lowest BCUT2D eigenvalue weighted by molar-refractivity contribution is -0.384. The molecule has 3 aromatic rings. The lowest BCUT2D eigenvalue weighted by Gasteiger charge is -2.21. The highest BCUT2D eigenvalue weighted by molar-refractivity contribution is 5.76. The first-order chi connectivity index (χ1) is 13.9. The molecular weight excluding hydrogens is 370 g/mol. The number of amides is 1. The van der Waals surface area contributed by atoms with Crippen LogP contribution in [0.15, 0.2) is 60.9 Å². The highest BCUT2D eigenvalue weighted by Crippen LogP contribution is 2.22. The number of nitrogens with one attached hydrogen (secondary N) is 1. The van der Waals surface area contributed by atoms with E-state index in [1.807, 2.05) is 30.3 Å². The van der Waals surface area contributed by atoms with Crippen molar-refractivity contribution in [2.24, 2.45) is 5.92 Å². The van der Waals surface area contributed by atoms with Crippen molar-refractivity contribution in [1.82, 2.24) is 20.1 Å². The second-order valence-corrected chi connectivity index (χ2v) is 7.23. The predicted octanol–water partition coefficient (Wildman–Crippen LogP) is 3.76. The van der Waals surface area contributed by atoms with E-state index in [4.69, 9.17) is 0 Å². The van der Waals surface area contributed by atoms with Crippen LogP contribution in [0.25, 0.3) is 11.4 Å². The number of carbonyl (C=O) groups is 1. The molecule has 1 aromatic heterocycles. The third-order valence-corrected chi connectivity index (χ3v) is 4.40. The van der Waals surface area contributed by atoms with Crippen LogP contribution in [0.5, 0.6) is 0 Å². The Bertz CT molecular complexity index is 985. The maximum atomic E-state index is 12.6. The van der Waals surface area contributed by atoms with Crippen LogP contribution in [0.3, 0.4) is 0 Å². The SMILES string of the molecule is CC(C)CC(NC(=O)Cn1cnc(-c2cccc([N+](=O)[O-])c2)n1)c1ccccc1. The fourth-order valence-electron chi connectivity index (χ4n) is 3.08. The van der Waals surface area contributed by atoms with Gasteiger partial charge in [-0.2, -0.15) is 5.10 Å². The van der Waals surface area contributed by atoms with Gasteiger partial charge in [0.2, 0.25) is 5.91 Å². The molecule has 1 N–H and O–H groups in total. The summed E-state index contributed by atoms with van der Waals surface area (Å²) < 4.78 is 1.43. The van der Waals surface area contributed by atoms with Gasteiger partial charge in [0.25, 0.3) is 5.69 Å². The van der Waals surface area contributed by atoms with Crippen LogP contribution in [-0.4, -0.2) is 25.6 Å². The van der Waals surface area contributed by atoms with Crippen LogP contribution in [0.1, 0.15) is 31.9 Å². The Morgan fingerprint density at radius 2 is 1.93 bits per heavy atom. The molecule has 0 saturated carbocycles. The van der Waals surface area contributed by atoms with Gasteiger partial charge in [-0.15, -0.1) is 0 Å². The standard InChI is InChI=1S/C21H23N5O3/c1-15(2)11-19(16-7-4-3-5-8-16)23-20(27)13-25-14-22-21(24-25)17-9-6-10-18(12-17)26(28)29/h3-10,12,14-15,19H,11,13H2,1-2H3,(H,23,27). The average molecular weight is 393 g/mol. The number of nitro benzene ring substituents is 1. The van der Waals surface area contributed by atoms with E-state index in [0.717, 1.165) is 12.0 Å². The van der Waals surface area contributed by atoms with Crippen LogP contribution >= 0.6 is 0 Å². The van der Waals surface area contributed by atoms with Crippen molar-refractivity contribution >= 4 is 11.6 Å². The van der Waals surface area contributed by atoms with E-state index in [2.05, 4.69) is 29.2 Å². The number of hydrogen-bond donors (Lipinski definition) is 1. The molecule has 0 fully saturated rings. The van der Waals surface area contributed by atoms with E-state index in [9.17, 15) is 14.9 Å². The van der Waals surface area contributed by atoms with Gasteiger partial charge in [0.1, 0.15) is 12.9 Å². The molecule has 3 rings (SSSR count). The Hall–Kier alpha value is -3.55. The Kier molecular flexibility index (Phi) is 6.33. The first kappa shape index (κ1) is 20.2. The van der Waals surface area contributed by atoms with Crippen molar-refractivity contribution in [3.63, 3.8) is 0 Å². The summed E-state index contributed by atoms with van der Waals surface area (Å²) in [5, 5.41) is 18.3. The Labute approximate surface area is 168 Å². The molecule has 0 aliphatic heterocycles. The van der Waals surface area contributed by atoms with Crippen LogP contribution < -0.4 is 5.32 Å². The maximum absolute atomic E-state index is 12.6. The van der Waals surface area contributed by atoms with Gasteiger partial charge in [-0.1, -0.05) is 56.3 Å². The molecule has 1 unspecified atom stereocenters. The second-order valence-electron chi connectivity index (χ2n) is 7.23. The maximum Gasteiger partial charge on any atom is 0.270 e. The molecule has 8 nitrogen and oxygen atoms in total. The normalized spacial score (nSPS) is 12.0. The minimum Gasteiger partial charge on any atom is -0.348 e. The van der Waals surface area contributed by atoms with E-state index in [1.165, 1.54) is 23.1 Å². The summed E-state index contributed by atoms with van der Waals surface area (Å²) in [6, 6.07) is 15.9. The first-order valence-electron chi connectivity index (χ1n) is 9.41. The average Bonchev–Trinajstić information content (AvgIpc) is 3.16. The summed E-state index contributed by atoms with van der Waals surface area (Å²) in [6.07, 6.45) is 2.28. The fraction of sp³-hybridized carbons (Fsp3) is 0.286. The van der Waals surface area contributed by atoms with Gasteiger partial charge in [-0.05, 0) is 17.9 Å². The highest BCUT2D eigenvalue weighted by Gasteiger charge is 2.17. The van der Waals surface area contributed by atoms with Crippen molar-refractivity contribution in [1.29, 1.82) is 0 Å². The number of nitrogens with zero attached hydrogens (tertiary/aromatic N) is 4. The van der Waals surface area contributed by atoms with Gasteiger partial charge < -0.3 is 5.32 Å². The van der Waals surface area contributed by atoms with E-state index in [1.54, 1.807) is 12.1 Å². The minimum atomic E-state index is -0.466. The molecule has 0 aliphatic rings. The fourth-order valence-corrected chi connectivity index (χ4v) is 3.08. The summed E-state index contributed by atoms with van der Waals surface area (Å²) in [4.78, 5) is 27.2. The molecule has 0 saturated heterocycles. The van der Waals surface area contributed by atoms with Gasteiger partial charge in [0, 0.05) is 17.7 Å². The molecule has 0 spiro atoms. The number of benzene rings is 2. The van der Waals surface area contributed by atoms with Gasteiger partial charge >= 0.3 is 0 Å². The molecule has 150 valence electrons. The zero-order chi connectivity index (χ0) is 20.8. The summed E-state index contributed by atoms with van der Waals surface area (Å²) >= 11 is 0. The molecule has 8 heteroatoms. The van der Waals surface area contributed by atoms with Crippen molar-refractivity contribution in [3.05, 3.63) is 76.6 Å². The number of nitro groups is 1. The molecule has 0 aliphatic carbocycles. The molecular formula is C21H23N5O3. The Balaban J connectivity index is 1.69. The number of hydrogen-bond acceptors (Lipinski definition) is 5. The first-order valence-corrected chi connectivity index (χ1v) is 9.41. The lowest BCUT2D eigenvalue weighted by Crippen LogP contribution is -2.32. The van der Waals surface area contributed by atoms with Gasteiger partial charge in [0.05, 0.1) is 11.0 Å². The second kappa shape index (κ2) is 9.09. The number of aromatic nitrogens is 3. The quantitative estimate of drug-likeness (QED) is 0.464. The molecule has 29 heavy (non-hydrogen) atoms. The molecule has 1 heterocycles. The number of carbonyl (C=O) groups excluding carboxylic acids is 1. The summed E-state index contributed by atoms with van der Waals surface area (Å²) in [5.74, 6) is 0.589. The van der Waals surface area contributed by atoms with E-state index >= 15 is 0 Å². The summed E-state index contributed by atoms with van der Waals surface area (Å²) in [5.41, 5.74) is 1.56. The third kappa shape index (κ3) is 5.47. The van der Waals surface area contributed by atoms with Crippen molar-refractivity contribution < 1.29 is 9.72 Å². The van der Waals surface area contributed by atoms with E-state index in [0.29, 0.717) is 17.3 Å². The zero-order valence-corrected chi connectivity index (χ0v) is 16.4. The Morgan fingerprint density at radius 1 is 1.17 bits per heavy atom. The molecule has 0 bridgehead atoms. The van der Waals surface area contributed by atoms with Gasteiger partial charge in [0.15, 0.2) is 5.82 Å². The van der Waals surface area contributed by atoms with Crippen LogP contribution in [0.2, 0.25) is 0 Å². The van der Waals surface area contributed by atoms with Crippen LogP contribution in [0, 0.1) is 16.0 Å². The Morgan fingerprint density at radius 3 is 2.62 bits per heavy atom. The summed E-state index contributed by atoms with van der Waals surface area (Å²) in [7, 11) is 0. The van der Waals surface area contributed by atoms with Crippen molar-refractivity contribution in [2.75, 3.05) is 0 Å². The molecule has 1 amide bonds. The summed E-state index contributed by atoms with van der Waals surface area (Å²) in [6.45, 7) is 4.25. The molecule has 1 atom stereocenters. The van der Waals surface area contributed by atoms with Crippen LogP contribution in [0.4, 0.5) is 5.69 Å². The number of rotatable bonds is 8. The van der Waals surface area contributed by atoms with Gasteiger partial charge in [-0.25, -0.2) is 9.67 Å². The van der Waals surface area contributed by atoms with Crippen LogP contribution in [-0.2, 0) is 11.3 Å².